The van der Waals surface area contributed by atoms with Crippen molar-refractivity contribution < 1.29 is 36.6 Å². The fourth-order valence-electron chi connectivity index (χ4n) is 4.08. The van der Waals surface area contributed by atoms with Gasteiger partial charge in [-0.25, -0.2) is 8.78 Å². The molecule has 1 aliphatic carbocycles. The Balaban J connectivity index is 1.57. The molecule has 1 saturated carbocycles. The van der Waals surface area contributed by atoms with Gasteiger partial charge in [-0.05, 0) is 43.0 Å². The molecule has 1 aromatic carbocycles. The SMILES string of the molecule is O=C(N[C@@H](c1cc(F)c(Cl)cc1F)C1CC1)[C@H]1C[C@@H](O)CN1C(=O)c1ccnc(C(F)(F)F)c1. The summed E-state index contributed by atoms with van der Waals surface area (Å²) in [6, 6.07) is 1.25. The monoisotopic (exact) mass is 503 g/mol. The van der Waals surface area contributed by atoms with Crippen LogP contribution in [-0.2, 0) is 11.0 Å². The number of aliphatic hydroxyl groups excluding tert-OH is 1. The lowest BCUT2D eigenvalue weighted by Crippen LogP contribution is -2.47. The van der Waals surface area contributed by atoms with Crippen molar-refractivity contribution in [2.24, 2.45) is 5.92 Å². The normalized spacial score (nSPS) is 21.4. The number of benzene rings is 1. The van der Waals surface area contributed by atoms with E-state index in [-0.39, 0.29) is 30.0 Å². The number of aliphatic hydroxyl groups is 1. The van der Waals surface area contributed by atoms with Crippen LogP contribution in [0.5, 0.6) is 0 Å². The van der Waals surface area contributed by atoms with Crippen molar-refractivity contribution in [1.82, 2.24) is 15.2 Å². The molecule has 0 spiro atoms. The molecule has 4 rings (SSSR count). The molecule has 1 aromatic heterocycles. The molecule has 12 heteroatoms. The molecule has 2 fully saturated rings. The van der Waals surface area contributed by atoms with Crippen molar-refractivity contribution >= 4 is 23.4 Å². The molecule has 34 heavy (non-hydrogen) atoms. The van der Waals surface area contributed by atoms with Gasteiger partial charge in [-0.1, -0.05) is 11.6 Å². The zero-order chi connectivity index (χ0) is 24.8. The van der Waals surface area contributed by atoms with Crippen molar-refractivity contribution in [3.05, 3.63) is 63.9 Å². The number of rotatable bonds is 5. The Bertz CT molecular complexity index is 1130. The molecule has 0 unspecified atom stereocenters. The maximum absolute atomic E-state index is 14.5. The molecule has 0 radical (unpaired) electrons. The third kappa shape index (κ3) is 5.00. The lowest BCUT2D eigenvalue weighted by Gasteiger charge is -2.27. The van der Waals surface area contributed by atoms with Crippen LogP contribution in [0.2, 0.25) is 5.02 Å². The van der Waals surface area contributed by atoms with Crippen LogP contribution in [0, 0.1) is 17.6 Å². The number of hydrogen-bond donors (Lipinski definition) is 2. The van der Waals surface area contributed by atoms with Crippen LogP contribution < -0.4 is 5.32 Å². The highest BCUT2D eigenvalue weighted by Gasteiger charge is 2.43. The minimum Gasteiger partial charge on any atom is -0.391 e. The molecule has 2 aromatic rings. The fraction of sp³-hybridized carbons (Fsp3) is 0.409. The van der Waals surface area contributed by atoms with E-state index in [4.69, 9.17) is 11.6 Å². The van der Waals surface area contributed by atoms with E-state index in [1.165, 1.54) is 0 Å². The van der Waals surface area contributed by atoms with Crippen LogP contribution >= 0.6 is 11.6 Å². The van der Waals surface area contributed by atoms with Crippen molar-refractivity contribution in [3.8, 4) is 0 Å². The summed E-state index contributed by atoms with van der Waals surface area (Å²) < 4.78 is 67.5. The summed E-state index contributed by atoms with van der Waals surface area (Å²) in [5, 5.41) is 12.3. The summed E-state index contributed by atoms with van der Waals surface area (Å²) in [6.07, 6.45) is -3.88. The lowest BCUT2D eigenvalue weighted by molar-refractivity contribution is -0.141. The second kappa shape index (κ2) is 9.10. The number of amides is 2. The molecular weight excluding hydrogens is 485 g/mol. The van der Waals surface area contributed by atoms with Gasteiger partial charge in [0.15, 0.2) is 0 Å². The van der Waals surface area contributed by atoms with E-state index in [0.29, 0.717) is 18.9 Å². The van der Waals surface area contributed by atoms with Crippen LogP contribution in [-0.4, -0.2) is 45.5 Å². The van der Waals surface area contributed by atoms with Gasteiger partial charge in [0.1, 0.15) is 23.4 Å². The standard InChI is InChI=1S/C22H19ClF5N3O3/c23-14-8-15(24)13(7-16(14)25)19(10-1-2-10)30-20(33)17-6-12(32)9-31(17)21(34)11-3-4-29-18(5-11)22(26,27)28/h3-5,7-8,10,12,17,19,32H,1-2,6,9H2,(H,30,33)/t12-,17-,19-/m1/s1. The molecule has 6 nitrogen and oxygen atoms in total. The Morgan fingerprint density at radius 1 is 1.18 bits per heavy atom. The number of aromatic nitrogens is 1. The Hall–Kier alpha value is -2.79. The van der Waals surface area contributed by atoms with E-state index < -0.39 is 58.5 Å². The highest BCUT2D eigenvalue weighted by molar-refractivity contribution is 6.30. The van der Waals surface area contributed by atoms with Gasteiger partial charge in [0, 0.05) is 30.3 Å². The number of β-amino-alcohol motifs (C(OH)–C–C–N with tert-alkyl or cyclic N) is 1. The highest BCUT2D eigenvalue weighted by atomic mass is 35.5. The van der Waals surface area contributed by atoms with Crippen molar-refractivity contribution in [1.29, 1.82) is 0 Å². The average Bonchev–Trinajstić information content (AvgIpc) is 3.54. The molecule has 1 aliphatic heterocycles. The summed E-state index contributed by atoms with van der Waals surface area (Å²) in [7, 11) is 0. The minimum atomic E-state index is -4.77. The van der Waals surface area contributed by atoms with E-state index in [0.717, 1.165) is 29.3 Å². The smallest absolute Gasteiger partial charge is 0.391 e. The van der Waals surface area contributed by atoms with Crippen molar-refractivity contribution in [2.45, 2.75) is 43.6 Å². The van der Waals surface area contributed by atoms with E-state index >= 15 is 0 Å². The summed E-state index contributed by atoms with van der Waals surface area (Å²) >= 11 is 5.61. The largest absolute Gasteiger partial charge is 0.433 e. The summed E-state index contributed by atoms with van der Waals surface area (Å²) in [6.45, 7) is -0.279. The number of nitrogens with one attached hydrogen (secondary N) is 1. The zero-order valence-electron chi connectivity index (χ0n) is 17.5. The van der Waals surface area contributed by atoms with Gasteiger partial charge in [-0.2, -0.15) is 13.2 Å². The first kappa shape index (κ1) is 24.3. The van der Waals surface area contributed by atoms with Crippen molar-refractivity contribution in [3.63, 3.8) is 0 Å². The van der Waals surface area contributed by atoms with Gasteiger partial charge in [0.2, 0.25) is 5.91 Å². The molecule has 0 bridgehead atoms. The highest BCUT2D eigenvalue weighted by Crippen LogP contribution is 2.42. The number of likely N-dealkylation sites (tertiary alicyclic amines) is 1. The van der Waals surface area contributed by atoms with Gasteiger partial charge in [-0.15, -0.1) is 0 Å². The molecular formula is C22H19ClF5N3O3. The van der Waals surface area contributed by atoms with Gasteiger partial charge in [0.05, 0.1) is 17.2 Å². The zero-order valence-corrected chi connectivity index (χ0v) is 18.2. The fourth-order valence-corrected chi connectivity index (χ4v) is 4.23. The second-order valence-electron chi connectivity index (χ2n) is 8.40. The first-order valence-electron chi connectivity index (χ1n) is 10.4. The maximum atomic E-state index is 14.5. The number of pyridine rings is 1. The van der Waals surface area contributed by atoms with Gasteiger partial charge in [0.25, 0.3) is 5.91 Å². The predicted octanol–water partition coefficient (Wildman–Crippen LogP) is 3.87. The first-order chi connectivity index (χ1) is 16.0. The number of hydrogen-bond acceptors (Lipinski definition) is 4. The van der Waals surface area contributed by atoms with Gasteiger partial charge < -0.3 is 15.3 Å². The van der Waals surface area contributed by atoms with Crippen LogP contribution in [0.25, 0.3) is 0 Å². The van der Waals surface area contributed by atoms with E-state index in [1.807, 2.05) is 0 Å². The Morgan fingerprint density at radius 3 is 2.53 bits per heavy atom. The van der Waals surface area contributed by atoms with E-state index in [1.54, 1.807) is 0 Å². The summed E-state index contributed by atoms with van der Waals surface area (Å²) in [4.78, 5) is 30.2. The van der Waals surface area contributed by atoms with Gasteiger partial charge in [-0.3, -0.25) is 14.6 Å². The molecule has 2 aliphatic rings. The number of halogens is 6. The predicted molar refractivity (Wildman–Crippen MR) is 110 cm³/mol. The van der Waals surface area contributed by atoms with Crippen LogP contribution in [0.15, 0.2) is 30.5 Å². The second-order valence-corrected chi connectivity index (χ2v) is 8.81. The Labute approximate surface area is 195 Å². The van der Waals surface area contributed by atoms with Crippen LogP contribution in [0.1, 0.15) is 46.9 Å². The number of carbonyl (C=O) groups is 2. The Morgan fingerprint density at radius 2 is 1.88 bits per heavy atom. The number of nitrogens with zero attached hydrogens (tertiary/aromatic N) is 2. The van der Waals surface area contributed by atoms with Gasteiger partial charge >= 0.3 is 6.18 Å². The van der Waals surface area contributed by atoms with E-state index in [9.17, 15) is 36.6 Å². The van der Waals surface area contributed by atoms with Crippen LogP contribution in [0.3, 0.4) is 0 Å². The number of alkyl halides is 3. The molecule has 2 N–H and O–H groups in total. The average molecular weight is 504 g/mol. The molecule has 2 amide bonds. The topological polar surface area (TPSA) is 82.5 Å². The van der Waals surface area contributed by atoms with E-state index in [2.05, 4.69) is 10.3 Å². The molecule has 1 saturated heterocycles. The molecule has 3 atom stereocenters. The quantitative estimate of drug-likeness (QED) is 0.479. The minimum absolute atomic E-state index is 0.0990. The summed E-state index contributed by atoms with van der Waals surface area (Å²) in [5.41, 5.74) is -1.72. The maximum Gasteiger partial charge on any atom is 0.433 e. The number of carbonyl (C=O) groups excluding carboxylic acids is 2. The molecule has 2 heterocycles. The third-order valence-corrected chi connectivity index (χ3v) is 6.20. The molecule has 182 valence electrons. The lowest BCUT2D eigenvalue weighted by atomic mass is 10.0. The Kier molecular flexibility index (Phi) is 6.52. The third-order valence-electron chi connectivity index (χ3n) is 5.91. The van der Waals surface area contributed by atoms with Crippen molar-refractivity contribution in [2.75, 3.05) is 6.54 Å². The first-order valence-corrected chi connectivity index (χ1v) is 10.8. The summed E-state index contributed by atoms with van der Waals surface area (Å²) in [5.74, 6) is -3.45. The van der Waals surface area contributed by atoms with Crippen LogP contribution in [0.4, 0.5) is 22.0 Å².